The SMILES string of the molecule is COC(=O)[C@H]1N2C(=O)[C@H](OCc3ccccc3)[C@@H]2C(C)(C)[C@]1(O)c1ccc(OC)cc1. The van der Waals surface area contributed by atoms with Gasteiger partial charge >= 0.3 is 5.97 Å². The first-order valence-electron chi connectivity index (χ1n) is 10.2. The maximum Gasteiger partial charge on any atom is 0.332 e. The predicted octanol–water partition coefficient (Wildman–Crippen LogP) is 2.26. The van der Waals surface area contributed by atoms with Crippen LogP contribution in [0.15, 0.2) is 54.6 Å². The first kappa shape index (κ1) is 21.3. The summed E-state index contributed by atoms with van der Waals surface area (Å²) < 4.78 is 16.2. The zero-order valence-corrected chi connectivity index (χ0v) is 18.1. The van der Waals surface area contributed by atoms with Crippen LogP contribution in [-0.4, -0.2) is 54.3 Å². The lowest BCUT2D eigenvalue weighted by Crippen LogP contribution is -2.68. The van der Waals surface area contributed by atoms with Crippen molar-refractivity contribution in [1.29, 1.82) is 0 Å². The zero-order valence-electron chi connectivity index (χ0n) is 18.1. The molecule has 2 fully saturated rings. The smallest absolute Gasteiger partial charge is 0.332 e. The molecule has 0 aliphatic carbocycles. The van der Waals surface area contributed by atoms with Gasteiger partial charge in [0.2, 0.25) is 0 Å². The first-order chi connectivity index (χ1) is 14.8. The number of β-lactam (4-membered cyclic amide) rings is 1. The van der Waals surface area contributed by atoms with Crippen molar-refractivity contribution in [3.8, 4) is 5.75 Å². The number of esters is 1. The van der Waals surface area contributed by atoms with Gasteiger partial charge < -0.3 is 24.2 Å². The van der Waals surface area contributed by atoms with Crippen LogP contribution < -0.4 is 4.74 Å². The molecule has 164 valence electrons. The summed E-state index contributed by atoms with van der Waals surface area (Å²) in [6.45, 7) is 3.97. The number of hydrogen-bond acceptors (Lipinski definition) is 6. The van der Waals surface area contributed by atoms with E-state index in [2.05, 4.69) is 0 Å². The summed E-state index contributed by atoms with van der Waals surface area (Å²) in [5.74, 6) is -0.362. The average molecular weight is 425 g/mol. The van der Waals surface area contributed by atoms with Gasteiger partial charge in [0.15, 0.2) is 12.1 Å². The minimum atomic E-state index is -1.67. The maximum absolute atomic E-state index is 13.1. The quantitative estimate of drug-likeness (QED) is 0.565. The van der Waals surface area contributed by atoms with Gasteiger partial charge in [-0.1, -0.05) is 56.3 Å². The van der Waals surface area contributed by atoms with Gasteiger partial charge in [-0.3, -0.25) is 4.79 Å². The molecule has 2 aromatic rings. The largest absolute Gasteiger partial charge is 0.497 e. The van der Waals surface area contributed by atoms with Crippen molar-refractivity contribution < 1.29 is 28.9 Å². The molecule has 7 heteroatoms. The molecule has 0 spiro atoms. The standard InChI is InChI=1S/C24H27NO6/c1-23(2)19-18(31-14-15-8-6-5-7-9-15)21(26)25(19)20(22(27)30-4)24(23,28)16-10-12-17(29-3)13-11-16/h5-13,18-20,28H,14H2,1-4H3/t18-,19-,20-,24+/m1/s1. The number of methoxy groups -OCH3 is 2. The lowest BCUT2D eigenvalue weighted by Gasteiger charge is -2.48. The molecule has 0 aromatic heterocycles. The summed E-state index contributed by atoms with van der Waals surface area (Å²) in [5, 5.41) is 12.0. The normalized spacial score (nSPS) is 28.6. The molecule has 4 rings (SSSR count). The summed E-state index contributed by atoms with van der Waals surface area (Å²) in [7, 11) is 2.81. The number of carbonyl (C=O) groups excluding carboxylic acids is 2. The van der Waals surface area contributed by atoms with E-state index < -0.39 is 35.2 Å². The van der Waals surface area contributed by atoms with Gasteiger partial charge in [-0.2, -0.15) is 0 Å². The molecule has 7 nitrogen and oxygen atoms in total. The van der Waals surface area contributed by atoms with Gasteiger partial charge in [0.1, 0.15) is 11.4 Å². The summed E-state index contributed by atoms with van der Waals surface area (Å²) in [6, 6.07) is 14.8. The van der Waals surface area contributed by atoms with Crippen LogP contribution in [0.3, 0.4) is 0 Å². The number of aliphatic hydroxyl groups is 1. The molecule has 0 unspecified atom stereocenters. The Kier molecular flexibility index (Phi) is 5.27. The molecule has 4 atom stereocenters. The highest BCUT2D eigenvalue weighted by molar-refractivity contribution is 5.95. The fourth-order valence-corrected chi connectivity index (χ4v) is 4.97. The highest BCUT2D eigenvalue weighted by atomic mass is 16.5. The molecule has 2 heterocycles. The number of amides is 1. The highest BCUT2D eigenvalue weighted by Gasteiger charge is 2.75. The molecule has 2 aliphatic rings. The van der Waals surface area contributed by atoms with E-state index in [0.717, 1.165) is 5.56 Å². The van der Waals surface area contributed by atoms with Gasteiger partial charge in [-0.05, 0) is 23.3 Å². The van der Waals surface area contributed by atoms with Crippen molar-refractivity contribution in [2.75, 3.05) is 14.2 Å². The van der Waals surface area contributed by atoms with E-state index in [1.54, 1.807) is 31.4 Å². The summed E-state index contributed by atoms with van der Waals surface area (Å²) in [6.07, 6.45) is -0.755. The van der Waals surface area contributed by atoms with Crippen molar-refractivity contribution in [2.24, 2.45) is 5.41 Å². The minimum absolute atomic E-state index is 0.265. The molecule has 0 radical (unpaired) electrons. The summed E-state index contributed by atoms with van der Waals surface area (Å²) in [4.78, 5) is 27.3. The second kappa shape index (κ2) is 7.66. The maximum atomic E-state index is 13.1. The van der Waals surface area contributed by atoms with Gasteiger partial charge in [-0.15, -0.1) is 0 Å². The van der Waals surface area contributed by atoms with E-state index >= 15 is 0 Å². The number of ether oxygens (including phenoxy) is 3. The van der Waals surface area contributed by atoms with E-state index in [1.165, 1.54) is 12.0 Å². The Balaban J connectivity index is 1.70. The van der Waals surface area contributed by atoms with Crippen molar-refractivity contribution in [3.05, 3.63) is 65.7 Å². The Morgan fingerprint density at radius 1 is 1.06 bits per heavy atom. The van der Waals surface area contributed by atoms with Crippen molar-refractivity contribution in [1.82, 2.24) is 4.90 Å². The molecule has 0 saturated carbocycles. The van der Waals surface area contributed by atoms with Crippen LogP contribution >= 0.6 is 0 Å². The van der Waals surface area contributed by atoms with Crippen molar-refractivity contribution in [2.45, 2.75) is 44.2 Å². The van der Waals surface area contributed by atoms with Gasteiger partial charge in [0.05, 0.1) is 26.9 Å². The van der Waals surface area contributed by atoms with E-state index in [-0.39, 0.29) is 12.5 Å². The Bertz CT molecular complexity index is 973. The number of carbonyl (C=O) groups is 2. The second-order valence-corrected chi connectivity index (χ2v) is 8.55. The van der Waals surface area contributed by atoms with Crippen LogP contribution in [0, 0.1) is 5.41 Å². The fourth-order valence-electron chi connectivity index (χ4n) is 4.97. The van der Waals surface area contributed by atoms with Gasteiger partial charge in [0, 0.05) is 5.41 Å². The lowest BCUT2D eigenvalue weighted by molar-refractivity contribution is -0.184. The molecule has 0 bridgehead atoms. The minimum Gasteiger partial charge on any atom is -0.497 e. The first-order valence-corrected chi connectivity index (χ1v) is 10.2. The van der Waals surface area contributed by atoms with Crippen LogP contribution in [0.2, 0.25) is 0 Å². The summed E-state index contributed by atoms with van der Waals surface area (Å²) in [5.41, 5.74) is -1.11. The molecule has 31 heavy (non-hydrogen) atoms. The average Bonchev–Trinajstić information content (AvgIpc) is 2.95. The van der Waals surface area contributed by atoms with E-state index in [4.69, 9.17) is 14.2 Å². The van der Waals surface area contributed by atoms with Crippen molar-refractivity contribution in [3.63, 3.8) is 0 Å². The van der Waals surface area contributed by atoms with Crippen LogP contribution in [0.25, 0.3) is 0 Å². The number of benzene rings is 2. The van der Waals surface area contributed by atoms with E-state index in [1.807, 2.05) is 44.2 Å². The van der Waals surface area contributed by atoms with E-state index in [0.29, 0.717) is 11.3 Å². The predicted molar refractivity (Wildman–Crippen MR) is 112 cm³/mol. The van der Waals surface area contributed by atoms with Crippen LogP contribution in [-0.2, 0) is 31.3 Å². The molecular weight excluding hydrogens is 398 g/mol. The molecular formula is C24H27NO6. The molecule has 2 saturated heterocycles. The van der Waals surface area contributed by atoms with Gasteiger partial charge in [0.25, 0.3) is 5.91 Å². The van der Waals surface area contributed by atoms with Crippen LogP contribution in [0.4, 0.5) is 0 Å². The monoisotopic (exact) mass is 425 g/mol. The molecule has 2 aromatic carbocycles. The van der Waals surface area contributed by atoms with Gasteiger partial charge in [-0.25, -0.2) is 4.79 Å². The topological polar surface area (TPSA) is 85.3 Å². The zero-order chi connectivity index (χ0) is 22.4. The molecule has 2 aliphatic heterocycles. The molecule has 1 amide bonds. The highest BCUT2D eigenvalue weighted by Crippen LogP contribution is 2.59. The molecule has 1 N–H and O–H groups in total. The number of nitrogens with zero attached hydrogens (tertiary/aromatic N) is 1. The van der Waals surface area contributed by atoms with Crippen LogP contribution in [0.1, 0.15) is 25.0 Å². The number of fused-ring (bicyclic) bond motifs is 1. The van der Waals surface area contributed by atoms with Crippen molar-refractivity contribution >= 4 is 11.9 Å². The Hall–Kier alpha value is -2.90. The van der Waals surface area contributed by atoms with E-state index in [9.17, 15) is 14.7 Å². The van der Waals surface area contributed by atoms with Crippen LogP contribution in [0.5, 0.6) is 5.75 Å². The second-order valence-electron chi connectivity index (χ2n) is 8.55. The number of rotatable bonds is 6. The lowest BCUT2D eigenvalue weighted by atomic mass is 9.65. The third-order valence-electron chi connectivity index (χ3n) is 6.71. The summed E-state index contributed by atoms with van der Waals surface area (Å²) >= 11 is 0. The third-order valence-corrected chi connectivity index (χ3v) is 6.71. The Morgan fingerprint density at radius 3 is 2.29 bits per heavy atom. The Labute approximate surface area is 181 Å². The Morgan fingerprint density at radius 2 is 1.71 bits per heavy atom. The number of hydrogen-bond donors (Lipinski definition) is 1. The fraction of sp³-hybridized carbons (Fsp3) is 0.417. The third kappa shape index (κ3) is 3.03.